The van der Waals surface area contributed by atoms with Gasteiger partial charge in [0.05, 0.1) is 17.4 Å². The van der Waals surface area contributed by atoms with Crippen LogP contribution in [0.15, 0.2) is 53.4 Å². The van der Waals surface area contributed by atoms with E-state index in [1.807, 2.05) is 31.2 Å². The first-order valence-corrected chi connectivity index (χ1v) is 11.0. The predicted molar refractivity (Wildman–Crippen MR) is 111 cm³/mol. The van der Waals surface area contributed by atoms with Crippen molar-refractivity contribution in [1.29, 1.82) is 0 Å². The number of carbonyl (C=O) groups excluding carboxylic acids is 2. The molecule has 7 nitrogen and oxygen atoms in total. The minimum atomic E-state index is -3.60. The molecule has 2 aromatic carbocycles. The molecule has 1 atom stereocenters. The van der Waals surface area contributed by atoms with Crippen LogP contribution in [-0.2, 0) is 19.6 Å². The third-order valence-electron chi connectivity index (χ3n) is 4.57. The SMILES string of the molecule is CC(=O)NC(CC(=O)Nc1cccc(S(=O)(=O)NC2CC2)c1)c1ccc(C)cc1. The van der Waals surface area contributed by atoms with E-state index in [1.54, 1.807) is 12.1 Å². The van der Waals surface area contributed by atoms with Gasteiger partial charge in [-0.15, -0.1) is 0 Å². The third-order valence-corrected chi connectivity index (χ3v) is 6.09. The predicted octanol–water partition coefficient (Wildman–Crippen LogP) is 2.64. The molecule has 1 aliphatic carbocycles. The molecule has 0 bridgehead atoms. The highest BCUT2D eigenvalue weighted by atomic mass is 32.2. The number of benzene rings is 2. The Labute approximate surface area is 171 Å². The maximum Gasteiger partial charge on any atom is 0.240 e. The fourth-order valence-electron chi connectivity index (χ4n) is 2.92. The van der Waals surface area contributed by atoms with Gasteiger partial charge in [0.2, 0.25) is 21.8 Å². The number of amides is 2. The van der Waals surface area contributed by atoms with E-state index in [0.717, 1.165) is 24.0 Å². The fourth-order valence-corrected chi connectivity index (χ4v) is 4.27. The zero-order valence-corrected chi connectivity index (χ0v) is 17.3. The molecule has 1 saturated carbocycles. The quantitative estimate of drug-likeness (QED) is 0.616. The topological polar surface area (TPSA) is 104 Å². The van der Waals surface area contributed by atoms with Crippen LogP contribution in [0.5, 0.6) is 0 Å². The van der Waals surface area contributed by atoms with Crippen LogP contribution >= 0.6 is 0 Å². The molecule has 1 unspecified atom stereocenters. The lowest BCUT2D eigenvalue weighted by atomic mass is 10.0. The minimum Gasteiger partial charge on any atom is -0.349 e. The number of carbonyl (C=O) groups is 2. The van der Waals surface area contributed by atoms with E-state index in [-0.39, 0.29) is 29.2 Å². The molecule has 3 N–H and O–H groups in total. The first-order chi connectivity index (χ1) is 13.7. The van der Waals surface area contributed by atoms with Crippen LogP contribution in [0, 0.1) is 6.92 Å². The van der Waals surface area contributed by atoms with Crippen LogP contribution in [-0.4, -0.2) is 26.3 Å². The molecule has 3 rings (SSSR count). The maximum absolute atomic E-state index is 12.6. The molecule has 29 heavy (non-hydrogen) atoms. The average molecular weight is 416 g/mol. The highest BCUT2D eigenvalue weighted by Gasteiger charge is 2.28. The summed E-state index contributed by atoms with van der Waals surface area (Å²) in [5, 5.41) is 5.52. The van der Waals surface area contributed by atoms with Gasteiger partial charge in [0.25, 0.3) is 0 Å². The summed E-state index contributed by atoms with van der Waals surface area (Å²) in [6.07, 6.45) is 1.72. The van der Waals surface area contributed by atoms with Crippen molar-refractivity contribution in [2.45, 2.75) is 50.1 Å². The van der Waals surface area contributed by atoms with E-state index >= 15 is 0 Å². The Kier molecular flexibility index (Phi) is 6.34. The second-order valence-electron chi connectivity index (χ2n) is 7.34. The molecular weight excluding hydrogens is 390 g/mol. The Morgan fingerprint density at radius 2 is 1.79 bits per heavy atom. The van der Waals surface area contributed by atoms with Crippen LogP contribution in [0.1, 0.15) is 43.4 Å². The average Bonchev–Trinajstić information content (AvgIpc) is 3.45. The zero-order chi connectivity index (χ0) is 21.0. The van der Waals surface area contributed by atoms with Crippen LogP contribution in [0.3, 0.4) is 0 Å². The number of hydrogen-bond acceptors (Lipinski definition) is 4. The van der Waals surface area contributed by atoms with E-state index in [9.17, 15) is 18.0 Å². The molecular formula is C21H25N3O4S. The van der Waals surface area contributed by atoms with Crippen LogP contribution in [0.4, 0.5) is 5.69 Å². The van der Waals surface area contributed by atoms with Gasteiger partial charge in [0, 0.05) is 18.7 Å². The van der Waals surface area contributed by atoms with E-state index in [2.05, 4.69) is 15.4 Å². The maximum atomic E-state index is 12.6. The Morgan fingerprint density at radius 1 is 1.10 bits per heavy atom. The lowest BCUT2D eigenvalue weighted by molar-refractivity contribution is -0.120. The Bertz CT molecular complexity index is 999. The number of rotatable bonds is 8. The Hall–Kier alpha value is -2.71. The lowest BCUT2D eigenvalue weighted by Crippen LogP contribution is -2.30. The van der Waals surface area contributed by atoms with Gasteiger partial charge < -0.3 is 10.6 Å². The molecule has 8 heteroatoms. The van der Waals surface area contributed by atoms with Gasteiger partial charge in [-0.1, -0.05) is 35.9 Å². The molecule has 1 fully saturated rings. The number of anilines is 1. The molecule has 0 aliphatic heterocycles. The van der Waals surface area contributed by atoms with Crippen LogP contribution in [0.25, 0.3) is 0 Å². The molecule has 0 saturated heterocycles. The molecule has 0 radical (unpaired) electrons. The van der Waals surface area contributed by atoms with E-state index in [1.165, 1.54) is 19.1 Å². The van der Waals surface area contributed by atoms with Crippen molar-refractivity contribution >= 4 is 27.5 Å². The Balaban J connectivity index is 1.70. The first kappa shape index (κ1) is 21.0. The summed E-state index contributed by atoms with van der Waals surface area (Å²) in [5.41, 5.74) is 2.29. The Morgan fingerprint density at radius 3 is 2.41 bits per heavy atom. The normalized spacial score (nSPS) is 14.8. The highest BCUT2D eigenvalue weighted by molar-refractivity contribution is 7.89. The van der Waals surface area contributed by atoms with E-state index in [0.29, 0.717) is 5.69 Å². The summed E-state index contributed by atoms with van der Waals surface area (Å²) in [5.74, 6) is -0.559. The number of aryl methyl sites for hydroxylation is 1. The first-order valence-electron chi connectivity index (χ1n) is 9.49. The fraction of sp³-hybridized carbons (Fsp3) is 0.333. The summed E-state index contributed by atoms with van der Waals surface area (Å²) in [6, 6.07) is 13.3. The van der Waals surface area contributed by atoms with Gasteiger partial charge in [-0.25, -0.2) is 13.1 Å². The minimum absolute atomic E-state index is 0.00571. The molecule has 2 aromatic rings. The van der Waals surface area contributed by atoms with Crippen molar-refractivity contribution in [2.75, 3.05) is 5.32 Å². The lowest BCUT2D eigenvalue weighted by Gasteiger charge is -2.18. The smallest absolute Gasteiger partial charge is 0.240 e. The van der Waals surface area contributed by atoms with Gasteiger partial charge in [-0.05, 0) is 43.5 Å². The summed E-state index contributed by atoms with van der Waals surface area (Å²) in [7, 11) is -3.60. The second kappa shape index (κ2) is 8.75. The van der Waals surface area contributed by atoms with Gasteiger partial charge in [-0.2, -0.15) is 0 Å². The summed E-state index contributed by atoms with van der Waals surface area (Å²) in [6.45, 7) is 3.36. The van der Waals surface area contributed by atoms with Gasteiger partial charge >= 0.3 is 0 Å². The van der Waals surface area contributed by atoms with Gasteiger partial charge in [0.1, 0.15) is 0 Å². The molecule has 0 heterocycles. The van der Waals surface area contributed by atoms with Crippen molar-refractivity contribution < 1.29 is 18.0 Å². The summed E-state index contributed by atoms with van der Waals surface area (Å²) >= 11 is 0. The number of hydrogen-bond donors (Lipinski definition) is 3. The molecule has 1 aliphatic rings. The molecule has 0 spiro atoms. The van der Waals surface area contributed by atoms with Crippen molar-refractivity contribution in [3.8, 4) is 0 Å². The second-order valence-corrected chi connectivity index (χ2v) is 9.05. The number of nitrogens with one attached hydrogen (secondary N) is 3. The monoisotopic (exact) mass is 415 g/mol. The van der Waals surface area contributed by atoms with Crippen LogP contribution in [0.2, 0.25) is 0 Å². The molecule has 2 amide bonds. The zero-order valence-electron chi connectivity index (χ0n) is 16.4. The molecule has 0 aromatic heterocycles. The van der Waals surface area contributed by atoms with Crippen molar-refractivity contribution in [2.24, 2.45) is 0 Å². The van der Waals surface area contributed by atoms with E-state index < -0.39 is 16.1 Å². The summed E-state index contributed by atoms with van der Waals surface area (Å²) in [4.78, 5) is 24.2. The number of sulfonamides is 1. The van der Waals surface area contributed by atoms with Crippen molar-refractivity contribution in [3.63, 3.8) is 0 Å². The standard InChI is InChI=1S/C21H25N3O4S/c1-14-6-8-16(9-7-14)20(22-15(2)25)13-21(26)23-18-4-3-5-19(12-18)29(27,28)24-17-10-11-17/h3-9,12,17,20,24H,10-11,13H2,1-2H3,(H,22,25)(H,23,26). The van der Waals surface area contributed by atoms with Crippen molar-refractivity contribution in [1.82, 2.24) is 10.0 Å². The van der Waals surface area contributed by atoms with E-state index in [4.69, 9.17) is 0 Å². The third kappa shape index (κ3) is 6.13. The van der Waals surface area contributed by atoms with Crippen molar-refractivity contribution in [3.05, 3.63) is 59.7 Å². The van der Waals surface area contributed by atoms with Gasteiger partial charge in [-0.3, -0.25) is 9.59 Å². The summed E-state index contributed by atoms with van der Waals surface area (Å²) < 4.78 is 27.3. The van der Waals surface area contributed by atoms with Gasteiger partial charge in [0.15, 0.2) is 0 Å². The molecule has 154 valence electrons. The largest absolute Gasteiger partial charge is 0.349 e. The van der Waals surface area contributed by atoms with Crippen LogP contribution < -0.4 is 15.4 Å². The highest BCUT2D eigenvalue weighted by Crippen LogP contribution is 2.24.